The molecular formula is C18H19NO2. The summed E-state index contributed by atoms with van der Waals surface area (Å²) in [4.78, 5) is 25.7. The van der Waals surface area contributed by atoms with E-state index in [-0.39, 0.29) is 11.8 Å². The standard InChI is InChI=1S/C18H19NO2/c1-13(5-4-6-14-9-10-14)11-12-19-17(20)15-7-2-3-8-16(15)18(19)21/h2-3,6-8,11H,4-5,9-10,12H2,1H3/b13-11+. The summed E-state index contributed by atoms with van der Waals surface area (Å²) in [6.45, 7) is 2.43. The first kappa shape index (κ1) is 13.8. The lowest BCUT2D eigenvalue weighted by molar-refractivity contribution is 0.0672. The van der Waals surface area contributed by atoms with Crippen molar-refractivity contribution < 1.29 is 9.59 Å². The lowest BCUT2D eigenvalue weighted by atomic mass is 10.1. The lowest BCUT2D eigenvalue weighted by Crippen LogP contribution is -2.29. The van der Waals surface area contributed by atoms with Crippen molar-refractivity contribution in [1.29, 1.82) is 0 Å². The smallest absolute Gasteiger partial charge is 0.261 e. The van der Waals surface area contributed by atoms with Crippen LogP contribution in [0.5, 0.6) is 0 Å². The fraction of sp³-hybridized carbons (Fsp3) is 0.333. The molecule has 1 aliphatic heterocycles. The summed E-state index contributed by atoms with van der Waals surface area (Å²) < 4.78 is 0. The zero-order chi connectivity index (χ0) is 14.8. The molecule has 2 aliphatic rings. The first-order valence-electron chi connectivity index (χ1n) is 7.45. The minimum absolute atomic E-state index is 0.181. The molecule has 0 radical (unpaired) electrons. The summed E-state index contributed by atoms with van der Waals surface area (Å²) in [6.07, 6.45) is 8.87. The van der Waals surface area contributed by atoms with Crippen molar-refractivity contribution in [2.24, 2.45) is 0 Å². The van der Waals surface area contributed by atoms with Gasteiger partial charge in [-0.2, -0.15) is 0 Å². The highest BCUT2D eigenvalue weighted by Crippen LogP contribution is 2.28. The monoisotopic (exact) mass is 281 g/mol. The number of carbonyl (C=O) groups excluding carboxylic acids is 2. The SMILES string of the molecule is C/C(=C\CN1C(=O)c2ccccc2C1=O)CCC=C1CC1. The zero-order valence-corrected chi connectivity index (χ0v) is 12.3. The van der Waals surface area contributed by atoms with Gasteiger partial charge in [-0.25, -0.2) is 0 Å². The van der Waals surface area contributed by atoms with Crippen LogP contribution in [0.25, 0.3) is 0 Å². The molecule has 0 atom stereocenters. The maximum atomic E-state index is 12.2. The van der Waals surface area contributed by atoms with E-state index in [1.807, 2.05) is 6.08 Å². The molecule has 1 aromatic rings. The predicted octanol–water partition coefficient (Wildman–Crippen LogP) is 3.73. The third-order valence-corrected chi connectivity index (χ3v) is 4.01. The largest absolute Gasteiger partial charge is 0.270 e. The van der Waals surface area contributed by atoms with E-state index >= 15 is 0 Å². The Balaban J connectivity index is 1.62. The van der Waals surface area contributed by atoms with Gasteiger partial charge in [-0.05, 0) is 44.7 Å². The lowest BCUT2D eigenvalue weighted by Gasteiger charge is -2.11. The van der Waals surface area contributed by atoms with Crippen molar-refractivity contribution in [2.45, 2.75) is 32.6 Å². The van der Waals surface area contributed by atoms with Crippen LogP contribution in [-0.4, -0.2) is 23.3 Å². The second-order valence-electron chi connectivity index (χ2n) is 5.72. The second-order valence-corrected chi connectivity index (χ2v) is 5.72. The topological polar surface area (TPSA) is 37.4 Å². The van der Waals surface area contributed by atoms with Crippen LogP contribution in [0.4, 0.5) is 0 Å². The Labute approximate surface area is 125 Å². The number of hydrogen-bond acceptors (Lipinski definition) is 2. The summed E-state index contributed by atoms with van der Waals surface area (Å²) in [5.41, 5.74) is 3.83. The number of allylic oxidation sites excluding steroid dienone is 3. The molecule has 1 saturated carbocycles. The van der Waals surface area contributed by atoms with Crippen molar-refractivity contribution in [2.75, 3.05) is 6.54 Å². The van der Waals surface area contributed by atoms with E-state index in [1.54, 1.807) is 29.8 Å². The Morgan fingerprint density at radius 1 is 1.14 bits per heavy atom. The van der Waals surface area contributed by atoms with Gasteiger partial charge in [-0.1, -0.05) is 35.4 Å². The summed E-state index contributed by atoms with van der Waals surface area (Å²) in [7, 11) is 0. The highest BCUT2D eigenvalue weighted by molar-refractivity contribution is 6.21. The summed E-state index contributed by atoms with van der Waals surface area (Å²) in [6, 6.07) is 7.02. The van der Waals surface area contributed by atoms with Crippen molar-refractivity contribution in [3.63, 3.8) is 0 Å². The summed E-state index contributed by atoms with van der Waals surface area (Å²) in [5.74, 6) is -0.362. The molecule has 1 fully saturated rings. The van der Waals surface area contributed by atoms with Gasteiger partial charge in [-0.15, -0.1) is 0 Å². The highest BCUT2D eigenvalue weighted by Gasteiger charge is 2.34. The second kappa shape index (κ2) is 5.68. The van der Waals surface area contributed by atoms with Crippen LogP contribution >= 0.6 is 0 Å². The van der Waals surface area contributed by atoms with Gasteiger partial charge in [0.2, 0.25) is 0 Å². The Bertz CT molecular complexity index is 614. The van der Waals surface area contributed by atoms with Gasteiger partial charge in [0.05, 0.1) is 11.1 Å². The number of nitrogens with zero attached hydrogens (tertiary/aromatic N) is 1. The zero-order valence-electron chi connectivity index (χ0n) is 12.3. The molecule has 3 rings (SSSR count). The summed E-state index contributed by atoms with van der Waals surface area (Å²) in [5, 5.41) is 0. The number of benzene rings is 1. The fourth-order valence-corrected chi connectivity index (χ4v) is 2.53. The molecule has 0 bridgehead atoms. The third-order valence-electron chi connectivity index (χ3n) is 4.01. The molecule has 1 aromatic carbocycles. The Kier molecular flexibility index (Phi) is 3.74. The molecule has 0 N–H and O–H groups in total. The van der Waals surface area contributed by atoms with Crippen LogP contribution in [0.15, 0.2) is 47.6 Å². The predicted molar refractivity (Wildman–Crippen MR) is 82.1 cm³/mol. The number of carbonyl (C=O) groups is 2. The van der Waals surface area contributed by atoms with Gasteiger partial charge >= 0.3 is 0 Å². The molecule has 0 saturated heterocycles. The van der Waals surface area contributed by atoms with Crippen molar-refractivity contribution >= 4 is 11.8 Å². The Morgan fingerprint density at radius 2 is 1.76 bits per heavy atom. The van der Waals surface area contributed by atoms with Gasteiger partial charge in [0, 0.05) is 6.54 Å². The van der Waals surface area contributed by atoms with Crippen molar-refractivity contribution in [3.8, 4) is 0 Å². The molecule has 0 spiro atoms. The van der Waals surface area contributed by atoms with Gasteiger partial charge in [0.15, 0.2) is 0 Å². The van der Waals surface area contributed by atoms with E-state index < -0.39 is 0 Å². The number of amides is 2. The van der Waals surface area contributed by atoms with Crippen molar-refractivity contribution in [1.82, 2.24) is 4.90 Å². The van der Waals surface area contributed by atoms with E-state index in [0.717, 1.165) is 12.8 Å². The quantitative estimate of drug-likeness (QED) is 0.609. The molecule has 1 aliphatic carbocycles. The molecule has 3 heteroatoms. The van der Waals surface area contributed by atoms with E-state index in [4.69, 9.17) is 0 Å². The molecule has 21 heavy (non-hydrogen) atoms. The Morgan fingerprint density at radius 3 is 2.33 bits per heavy atom. The van der Waals surface area contributed by atoms with Crippen LogP contribution < -0.4 is 0 Å². The van der Waals surface area contributed by atoms with Crippen molar-refractivity contribution in [3.05, 3.63) is 58.7 Å². The van der Waals surface area contributed by atoms with Crippen LogP contribution in [0.3, 0.4) is 0 Å². The molecule has 108 valence electrons. The first-order valence-corrected chi connectivity index (χ1v) is 7.45. The number of hydrogen-bond donors (Lipinski definition) is 0. The van der Waals surface area contributed by atoms with E-state index in [0.29, 0.717) is 17.7 Å². The average molecular weight is 281 g/mol. The average Bonchev–Trinajstić information content (AvgIpc) is 3.27. The van der Waals surface area contributed by atoms with Gasteiger partial charge in [-0.3, -0.25) is 14.5 Å². The van der Waals surface area contributed by atoms with Gasteiger partial charge < -0.3 is 0 Å². The highest BCUT2D eigenvalue weighted by atomic mass is 16.2. The number of rotatable bonds is 5. The van der Waals surface area contributed by atoms with E-state index in [2.05, 4.69) is 13.0 Å². The van der Waals surface area contributed by atoms with Gasteiger partial charge in [0.1, 0.15) is 0 Å². The molecular weight excluding hydrogens is 262 g/mol. The number of fused-ring (bicyclic) bond motifs is 1. The third kappa shape index (κ3) is 2.97. The maximum Gasteiger partial charge on any atom is 0.261 e. The first-order chi connectivity index (χ1) is 10.2. The van der Waals surface area contributed by atoms with Crippen LogP contribution in [0.1, 0.15) is 53.3 Å². The fourth-order valence-electron chi connectivity index (χ4n) is 2.53. The summed E-state index contributed by atoms with van der Waals surface area (Å²) >= 11 is 0. The number of imide groups is 1. The van der Waals surface area contributed by atoms with E-state index in [1.165, 1.54) is 23.3 Å². The minimum Gasteiger partial charge on any atom is -0.270 e. The Hall–Kier alpha value is -2.16. The minimum atomic E-state index is -0.181. The van der Waals surface area contributed by atoms with Crippen LogP contribution in [0.2, 0.25) is 0 Å². The van der Waals surface area contributed by atoms with Gasteiger partial charge in [0.25, 0.3) is 11.8 Å². The normalized spacial score (nSPS) is 17.3. The molecule has 2 amide bonds. The molecule has 0 aromatic heterocycles. The van der Waals surface area contributed by atoms with E-state index in [9.17, 15) is 9.59 Å². The molecule has 1 heterocycles. The molecule has 0 unspecified atom stereocenters. The molecule has 3 nitrogen and oxygen atoms in total. The maximum absolute atomic E-state index is 12.2. The van der Waals surface area contributed by atoms with Crippen LogP contribution in [-0.2, 0) is 0 Å². The van der Waals surface area contributed by atoms with Crippen LogP contribution in [0, 0.1) is 0 Å².